The SMILES string of the molecule is CCCc1ccc(S(=O)(=O)NC(CC(C)C)C(=O)NNC(=O)OCc2ccccc2)cc1. The third-order valence-electron chi connectivity index (χ3n) is 4.59. The van der Waals surface area contributed by atoms with E-state index < -0.39 is 28.1 Å². The molecule has 0 saturated carbocycles. The maximum absolute atomic E-state index is 12.8. The van der Waals surface area contributed by atoms with E-state index in [0.717, 1.165) is 24.0 Å². The lowest BCUT2D eigenvalue weighted by Gasteiger charge is -2.20. The Balaban J connectivity index is 1.96. The summed E-state index contributed by atoms with van der Waals surface area (Å²) < 4.78 is 33.1. The molecule has 174 valence electrons. The van der Waals surface area contributed by atoms with Crippen LogP contribution in [0.25, 0.3) is 0 Å². The zero-order valence-corrected chi connectivity index (χ0v) is 19.4. The molecule has 2 aromatic carbocycles. The first kappa shape index (κ1) is 25.4. The third kappa shape index (κ3) is 8.32. The number of hydrogen-bond donors (Lipinski definition) is 3. The average Bonchev–Trinajstić information content (AvgIpc) is 2.76. The van der Waals surface area contributed by atoms with Gasteiger partial charge in [-0.2, -0.15) is 4.72 Å². The summed E-state index contributed by atoms with van der Waals surface area (Å²) in [6.45, 7) is 5.83. The van der Waals surface area contributed by atoms with Crippen molar-refractivity contribution < 1.29 is 22.7 Å². The highest BCUT2D eigenvalue weighted by molar-refractivity contribution is 7.89. The predicted molar refractivity (Wildman–Crippen MR) is 122 cm³/mol. The van der Waals surface area contributed by atoms with E-state index in [1.807, 2.05) is 39.0 Å². The topological polar surface area (TPSA) is 114 Å². The molecule has 0 spiro atoms. The van der Waals surface area contributed by atoms with Gasteiger partial charge in [0.05, 0.1) is 4.90 Å². The number of carbonyl (C=O) groups is 2. The number of benzene rings is 2. The van der Waals surface area contributed by atoms with Crippen LogP contribution in [0.2, 0.25) is 0 Å². The van der Waals surface area contributed by atoms with Crippen molar-refractivity contribution in [2.45, 2.75) is 57.6 Å². The minimum absolute atomic E-state index is 0.0328. The molecule has 32 heavy (non-hydrogen) atoms. The van der Waals surface area contributed by atoms with Gasteiger partial charge < -0.3 is 4.74 Å². The van der Waals surface area contributed by atoms with Gasteiger partial charge in [0, 0.05) is 0 Å². The van der Waals surface area contributed by atoms with Crippen LogP contribution >= 0.6 is 0 Å². The molecule has 2 rings (SSSR count). The van der Waals surface area contributed by atoms with Gasteiger partial charge in [0.2, 0.25) is 10.0 Å². The van der Waals surface area contributed by atoms with Crippen LogP contribution in [0.3, 0.4) is 0 Å². The molecule has 3 N–H and O–H groups in total. The summed E-state index contributed by atoms with van der Waals surface area (Å²) in [5.74, 6) is -0.646. The van der Waals surface area contributed by atoms with Crippen LogP contribution in [0.5, 0.6) is 0 Å². The van der Waals surface area contributed by atoms with E-state index in [1.165, 1.54) is 12.1 Å². The van der Waals surface area contributed by atoms with Crippen molar-refractivity contribution in [2.24, 2.45) is 5.92 Å². The molecule has 0 saturated heterocycles. The van der Waals surface area contributed by atoms with Crippen molar-refractivity contribution in [1.82, 2.24) is 15.6 Å². The fraction of sp³-hybridized carbons (Fsp3) is 0.391. The fourth-order valence-corrected chi connectivity index (χ4v) is 4.23. The standard InChI is InChI=1S/C23H31N3O5S/c1-4-8-18-11-13-20(14-12-18)32(29,30)26-21(15-17(2)3)22(27)24-25-23(28)31-16-19-9-6-5-7-10-19/h5-7,9-14,17,21,26H,4,8,15-16H2,1-3H3,(H,24,27)(H,25,28). The van der Waals surface area contributed by atoms with E-state index in [4.69, 9.17) is 4.74 Å². The monoisotopic (exact) mass is 461 g/mol. The maximum atomic E-state index is 12.8. The van der Waals surface area contributed by atoms with Crippen molar-refractivity contribution in [3.63, 3.8) is 0 Å². The lowest BCUT2D eigenvalue weighted by molar-refractivity contribution is -0.124. The van der Waals surface area contributed by atoms with E-state index in [-0.39, 0.29) is 23.8 Å². The van der Waals surface area contributed by atoms with Crippen LogP contribution in [0.15, 0.2) is 59.5 Å². The Morgan fingerprint density at radius 2 is 1.59 bits per heavy atom. The highest BCUT2D eigenvalue weighted by Crippen LogP contribution is 2.14. The minimum atomic E-state index is -3.92. The lowest BCUT2D eigenvalue weighted by atomic mass is 10.0. The molecule has 0 radical (unpaired) electrons. The summed E-state index contributed by atoms with van der Waals surface area (Å²) in [4.78, 5) is 24.5. The van der Waals surface area contributed by atoms with E-state index in [1.54, 1.807) is 24.3 Å². The molecular weight excluding hydrogens is 430 g/mol. The summed E-state index contributed by atoms with van der Waals surface area (Å²) in [6, 6.07) is 14.6. The minimum Gasteiger partial charge on any atom is -0.443 e. The first-order valence-electron chi connectivity index (χ1n) is 10.6. The van der Waals surface area contributed by atoms with Gasteiger partial charge in [-0.3, -0.25) is 10.2 Å². The Kier molecular flexibility index (Phi) is 9.67. The smallest absolute Gasteiger partial charge is 0.426 e. The third-order valence-corrected chi connectivity index (χ3v) is 6.08. The van der Waals surface area contributed by atoms with Gasteiger partial charge in [-0.25, -0.2) is 18.6 Å². The summed E-state index contributed by atoms with van der Waals surface area (Å²) in [7, 11) is -3.92. The summed E-state index contributed by atoms with van der Waals surface area (Å²) in [5, 5.41) is 0. The van der Waals surface area contributed by atoms with Crippen LogP contribution in [0.4, 0.5) is 4.79 Å². The Morgan fingerprint density at radius 1 is 0.938 bits per heavy atom. The molecule has 1 unspecified atom stereocenters. The normalized spacial score (nSPS) is 12.2. The molecule has 0 aliphatic heterocycles. The first-order chi connectivity index (χ1) is 15.2. The number of rotatable bonds is 10. The number of ether oxygens (including phenoxy) is 1. The average molecular weight is 462 g/mol. The first-order valence-corrected chi connectivity index (χ1v) is 12.1. The number of sulfonamides is 1. The van der Waals surface area contributed by atoms with Crippen LogP contribution in [-0.4, -0.2) is 26.5 Å². The molecule has 2 aromatic rings. The van der Waals surface area contributed by atoms with Crippen molar-refractivity contribution in [3.05, 3.63) is 65.7 Å². The number of amides is 2. The number of hydrogen-bond acceptors (Lipinski definition) is 5. The molecular formula is C23H31N3O5S. The van der Waals surface area contributed by atoms with Crippen LogP contribution in [-0.2, 0) is 32.6 Å². The summed E-state index contributed by atoms with van der Waals surface area (Å²) in [6.07, 6.45) is 1.22. The second kappa shape index (κ2) is 12.2. The molecule has 0 aliphatic carbocycles. The largest absolute Gasteiger partial charge is 0.443 e. The maximum Gasteiger partial charge on any atom is 0.426 e. The van der Waals surface area contributed by atoms with Gasteiger partial charge in [-0.15, -0.1) is 0 Å². The van der Waals surface area contributed by atoms with E-state index in [9.17, 15) is 18.0 Å². The molecule has 0 aromatic heterocycles. The zero-order chi connectivity index (χ0) is 23.6. The van der Waals surface area contributed by atoms with Crippen LogP contribution in [0, 0.1) is 5.92 Å². The van der Waals surface area contributed by atoms with Gasteiger partial charge in [0.25, 0.3) is 5.91 Å². The Morgan fingerprint density at radius 3 is 2.19 bits per heavy atom. The fourth-order valence-electron chi connectivity index (χ4n) is 3.02. The van der Waals surface area contributed by atoms with E-state index in [0.29, 0.717) is 0 Å². The highest BCUT2D eigenvalue weighted by atomic mass is 32.2. The Hall–Kier alpha value is -2.91. The van der Waals surface area contributed by atoms with Gasteiger partial charge >= 0.3 is 6.09 Å². The molecule has 2 amide bonds. The van der Waals surface area contributed by atoms with Gasteiger partial charge in [-0.1, -0.05) is 69.7 Å². The number of hydrazine groups is 1. The van der Waals surface area contributed by atoms with Crippen molar-refractivity contribution >= 4 is 22.0 Å². The summed E-state index contributed by atoms with van der Waals surface area (Å²) in [5.41, 5.74) is 6.23. The molecule has 0 bridgehead atoms. The summed E-state index contributed by atoms with van der Waals surface area (Å²) >= 11 is 0. The number of aryl methyl sites for hydroxylation is 1. The van der Waals surface area contributed by atoms with E-state index in [2.05, 4.69) is 15.6 Å². The molecule has 0 aliphatic rings. The van der Waals surface area contributed by atoms with Crippen molar-refractivity contribution in [3.8, 4) is 0 Å². The second-order valence-corrected chi connectivity index (χ2v) is 9.59. The van der Waals surface area contributed by atoms with Crippen molar-refractivity contribution in [2.75, 3.05) is 0 Å². The lowest BCUT2D eigenvalue weighted by Crippen LogP contribution is -2.52. The van der Waals surface area contributed by atoms with Gasteiger partial charge in [-0.05, 0) is 42.0 Å². The van der Waals surface area contributed by atoms with Crippen molar-refractivity contribution in [1.29, 1.82) is 0 Å². The molecule has 9 heteroatoms. The van der Waals surface area contributed by atoms with Gasteiger partial charge in [0.1, 0.15) is 12.6 Å². The van der Waals surface area contributed by atoms with Crippen LogP contribution in [0.1, 0.15) is 44.7 Å². The predicted octanol–water partition coefficient (Wildman–Crippen LogP) is 3.29. The molecule has 8 nitrogen and oxygen atoms in total. The van der Waals surface area contributed by atoms with E-state index >= 15 is 0 Å². The molecule has 0 heterocycles. The Bertz CT molecular complexity index is 976. The quantitative estimate of drug-likeness (QED) is 0.470. The van der Waals surface area contributed by atoms with Crippen LogP contribution < -0.4 is 15.6 Å². The number of nitrogens with one attached hydrogen (secondary N) is 3. The van der Waals surface area contributed by atoms with Gasteiger partial charge in [0.15, 0.2) is 0 Å². The number of carbonyl (C=O) groups excluding carboxylic acids is 2. The Labute approximate surface area is 189 Å². The highest BCUT2D eigenvalue weighted by Gasteiger charge is 2.27. The zero-order valence-electron chi connectivity index (χ0n) is 18.6. The molecule has 0 fully saturated rings. The molecule has 1 atom stereocenters. The second-order valence-electron chi connectivity index (χ2n) is 7.87.